The maximum Gasteiger partial charge on any atom is 0.0367 e. The number of hydrogen-bond donors (Lipinski definition) is 0. The van der Waals surface area contributed by atoms with E-state index in [-0.39, 0.29) is 0 Å². The summed E-state index contributed by atoms with van der Waals surface area (Å²) in [5.74, 6) is 0.867. The molecule has 0 aromatic carbocycles. The lowest BCUT2D eigenvalue weighted by molar-refractivity contribution is 0.268. The molecule has 15 heavy (non-hydrogen) atoms. The summed E-state index contributed by atoms with van der Waals surface area (Å²) in [5.41, 5.74) is 2.34. The second kappa shape index (κ2) is 4.47. The second-order valence-corrected chi connectivity index (χ2v) is 4.35. The Morgan fingerprint density at radius 3 is 2.53 bits per heavy atom. The van der Waals surface area contributed by atoms with E-state index in [0.29, 0.717) is 0 Å². The van der Waals surface area contributed by atoms with E-state index in [2.05, 4.69) is 23.4 Å². The van der Waals surface area contributed by atoms with Crippen LogP contribution in [0.1, 0.15) is 25.3 Å². The zero-order chi connectivity index (χ0) is 10.7. The molecule has 1 saturated heterocycles. The van der Waals surface area contributed by atoms with Gasteiger partial charge in [-0.05, 0) is 30.9 Å². The Morgan fingerprint density at radius 1 is 1.33 bits per heavy atom. The number of hydrogen-bond acceptors (Lipinski definition) is 2. The van der Waals surface area contributed by atoms with Gasteiger partial charge in [0.25, 0.3) is 0 Å². The molecule has 0 spiro atoms. The third kappa shape index (κ3) is 2.38. The maximum absolute atomic E-state index is 4.17. The third-order valence-electron chi connectivity index (χ3n) is 3.18. The van der Waals surface area contributed by atoms with Crippen molar-refractivity contribution in [1.82, 2.24) is 9.88 Å². The molecular weight excluding hydrogens is 184 g/mol. The van der Waals surface area contributed by atoms with Crippen LogP contribution in [0.2, 0.25) is 0 Å². The largest absolute Gasteiger partial charge is 0.372 e. The molecule has 0 aliphatic carbocycles. The molecule has 1 aromatic rings. The van der Waals surface area contributed by atoms with E-state index in [1.165, 1.54) is 18.4 Å². The van der Waals surface area contributed by atoms with Crippen LogP contribution in [0.25, 0.3) is 5.70 Å². The van der Waals surface area contributed by atoms with E-state index in [9.17, 15) is 0 Å². The molecule has 0 N–H and O–H groups in total. The monoisotopic (exact) mass is 202 g/mol. The minimum atomic E-state index is 0.867. The van der Waals surface area contributed by atoms with Crippen molar-refractivity contribution in [3.8, 4) is 0 Å². The van der Waals surface area contributed by atoms with Crippen molar-refractivity contribution in [2.75, 3.05) is 13.1 Å². The van der Waals surface area contributed by atoms with E-state index in [1.807, 2.05) is 24.5 Å². The average molecular weight is 202 g/mol. The number of nitrogens with zero attached hydrogens (tertiary/aromatic N) is 2. The summed E-state index contributed by atoms with van der Waals surface area (Å²) in [7, 11) is 0. The van der Waals surface area contributed by atoms with Crippen molar-refractivity contribution in [3.05, 3.63) is 36.7 Å². The van der Waals surface area contributed by atoms with Crippen LogP contribution in [-0.2, 0) is 0 Å². The molecule has 2 heteroatoms. The second-order valence-electron chi connectivity index (χ2n) is 4.35. The summed E-state index contributed by atoms with van der Waals surface area (Å²) in [6.45, 7) is 8.78. The number of pyridine rings is 1. The molecule has 0 saturated carbocycles. The van der Waals surface area contributed by atoms with E-state index in [0.717, 1.165) is 24.7 Å². The van der Waals surface area contributed by atoms with Crippen LogP contribution >= 0.6 is 0 Å². The van der Waals surface area contributed by atoms with Crippen molar-refractivity contribution in [3.63, 3.8) is 0 Å². The molecule has 1 aliphatic heterocycles. The fraction of sp³-hybridized carbons (Fsp3) is 0.462. The van der Waals surface area contributed by atoms with Crippen molar-refractivity contribution in [1.29, 1.82) is 0 Å². The van der Waals surface area contributed by atoms with Gasteiger partial charge < -0.3 is 4.90 Å². The fourth-order valence-corrected chi connectivity index (χ4v) is 2.01. The number of likely N-dealkylation sites (tertiary alicyclic amines) is 1. The van der Waals surface area contributed by atoms with Gasteiger partial charge >= 0.3 is 0 Å². The predicted molar refractivity (Wildman–Crippen MR) is 63.2 cm³/mol. The maximum atomic E-state index is 4.17. The van der Waals surface area contributed by atoms with Crippen LogP contribution in [0.4, 0.5) is 0 Å². The van der Waals surface area contributed by atoms with Crippen molar-refractivity contribution in [2.45, 2.75) is 19.8 Å². The highest BCUT2D eigenvalue weighted by molar-refractivity contribution is 5.61. The Labute approximate surface area is 91.6 Å². The van der Waals surface area contributed by atoms with E-state index in [1.54, 1.807) is 0 Å². The number of piperidine rings is 1. The summed E-state index contributed by atoms with van der Waals surface area (Å²) in [6, 6.07) is 4.06. The average Bonchev–Trinajstić information content (AvgIpc) is 2.30. The van der Waals surface area contributed by atoms with Gasteiger partial charge in [0.05, 0.1) is 0 Å². The van der Waals surface area contributed by atoms with Crippen LogP contribution in [0.5, 0.6) is 0 Å². The van der Waals surface area contributed by atoms with Gasteiger partial charge in [0.1, 0.15) is 0 Å². The minimum absolute atomic E-state index is 0.867. The predicted octanol–water partition coefficient (Wildman–Crippen LogP) is 2.78. The van der Waals surface area contributed by atoms with Crippen LogP contribution in [0.15, 0.2) is 31.1 Å². The fourth-order valence-electron chi connectivity index (χ4n) is 2.01. The molecule has 0 atom stereocenters. The highest BCUT2D eigenvalue weighted by Gasteiger charge is 2.17. The van der Waals surface area contributed by atoms with Crippen LogP contribution < -0.4 is 0 Å². The van der Waals surface area contributed by atoms with Gasteiger partial charge in [-0.15, -0.1) is 0 Å². The van der Waals surface area contributed by atoms with Gasteiger partial charge in [-0.3, -0.25) is 4.98 Å². The molecule has 0 amide bonds. The first kappa shape index (κ1) is 10.2. The van der Waals surface area contributed by atoms with Gasteiger partial charge in [0, 0.05) is 36.7 Å². The van der Waals surface area contributed by atoms with Gasteiger partial charge in [-0.25, -0.2) is 0 Å². The minimum Gasteiger partial charge on any atom is -0.372 e. The van der Waals surface area contributed by atoms with Gasteiger partial charge in [-0.1, -0.05) is 13.5 Å². The molecule has 2 nitrogen and oxygen atoms in total. The lowest BCUT2D eigenvalue weighted by Gasteiger charge is -2.33. The Balaban J connectivity index is 2.03. The standard InChI is InChI=1S/C13H18N2/c1-11-5-9-15(10-6-11)12(2)13-3-7-14-8-4-13/h3-4,7-8,11H,2,5-6,9-10H2,1H3. The lowest BCUT2D eigenvalue weighted by Crippen LogP contribution is -2.31. The van der Waals surface area contributed by atoms with Gasteiger partial charge in [-0.2, -0.15) is 0 Å². The van der Waals surface area contributed by atoms with E-state index >= 15 is 0 Å². The van der Waals surface area contributed by atoms with Crippen molar-refractivity contribution >= 4 is 5.70 Å². The molecule has 80 valence electrons. The van der Waals surface area contributed by atoms with Crippen LogP contribution in [0.3, 0.4) is 0 Å². The first-order chi connectivity index (χ1) is 7.27. The molecule has 0 unspecified atom stereocenters. The molecule has 2 heterocycles. The van der Waals surface area contributed by atoms with Crippen LogP contribution in [-0.4, -0.2) is 23.0 Å². The molecule has 0 radical (unpaired) electrons. The van der Waals surface area contributed by atoms with Gasteiger partial charge in [0.2, 0.25) is 0 Å². The highest BCUT2D eigenvalue weighted by atomic mass is 15.1. The smallest absolute Gasteiger partial charge is 0.0367 e. The molecule has 1 aromatic heterocycles. The summed E-state index contributed by atoms with van der Waals surface area (Å²) in [6.07, 6.45) is 6.22. The zero-order valence-corrected chi connectivity index (χ0v) is 9.32. The Kier molecular flexibility index (Phi) is 3.05. The molecule has 1 fully saturated rings. The SMILES string of the molecule is C=C(c1ccncc1)N1CCC(C)CC1. The summed E-state index contributed by atoms with van der Waals surface area (Å²) < 4.78 is 0. The third-order valence-corrected chi connectivity index (χ3v) is 3.18. The number of rotatable bonds is 2. The highest BCUT2D eigenvalue weighted by Crippen LogP contribution is 2.23. The van der Waals surface area contributed by atoms with Crippen LogP contribution in [0, 0.1) is 5.92 Å². The number of aromatic nitrogens is 1. The first-order valence-corrected chi connectivity index (χ1v) is 5.61. The van der Waals surface area contributed by atoms with E-state index < -0.39 is 0 Å². The molecule has 1 aliphatic rings. The molecular formula is C13H18N2. The molecule has 2 rings (SSSR count). The summed E-state index contributed by atoms with van der Waals surface area (Å²) in [5, 5.41) is 0. The lowest BCUT2D eigenvalue weighted by atomic mass is 9.98. The van der Waals surface area contributed by atoms with Crippen molar-refractivity contribution < 1.29 is 0 Å². The summed E-state index contributed by atoms with van der Waals surface area (Å²) in [4.78, 5) is 6.41. The zero-order valence-electron chi connectivity index (χ0n) is 9.32. The Bertz CT molecular complexity index is 324. The first-order valence-electron chi connectivity index (χ1n) is 5.61. The van der Waals surface area contributed by atoms with E-state index in [4.69, 9.17) is 0 Å². The molecule has 0 bridgehead atoms. The Morgan fingerprint density at radius 2 is 1.93 bits per heavy atom. The van der Waals surface area contributed by atoms with Crippen molar-refractivity contribution in [2.24, 2.45) is 5.92 Å². The normalized spacial score (nSPS) is 17.8. The quantitative estimate of drug-likeness (QED) is 0.733. The summed E-state index contributed by atoms with van der Waals surface area (Å²) >= 11 is 0. The topological polar surface area (TPSA) is 16.1 Å². The Hall–Kier alpha value is -1.31. The van der Waals surface area contributed by atoms with Gasteiger partial charge in [0.15, 0.2) is 0 Å².